The second kappa shape index (κ2) is 7.24. The number of aliphatic hydroxyl groups excluding tert-OH is 1. The molecular formula is C13H26N2O2S. The van der Waals surface area contributed by atoms with Crippen LogP contribution in [0.3, 0.4) is 0 Å². The maximum Gasteiger partial charge on any atom is 0.327 e. The maximum absolute atomic E-state index is 11.9. The largest absolute Gasteiger partial charge is 0.394 e. The average molecular weight is 274 g/mol. The molecule has 0 spiro atoms. The molecule has 1 saturated carbocycles. The van der Waals surface area contributed by atoms with E-state index in [2.05, 4.69) is 38.9 Å². The van der Waals surface area contributed by atoms with Crippen molar-refractivity contribution in [3.8, 4) is 0 Å². The van der Waals surface area contributed by atoms with Crippen LogP contribution in [0.1, 0.15) is 40.0 Å². The van der Waals surface area contributed by atoms with Gasteiger partial charge in [-0.05, 0) is 30.6 Å². The van der Waals surface area contributed by atoms with E-state index in [1.807, 2.05) is 0 Å². The second-order valence-corrected chi connectivity index (χ2v) is 6.21. The Balaban J connectivity index is 2.57. The van der Waals surface area contributed by atoms with Gasteiger partial charge in [-0.15, -0.1) is 0 Å². The van der Waals surface area contributed by atoms with Crippen LogP contribution >= 0.6 is 12.8 Å². The SMILES string of the molecule is CC(C)[C@@H]1CC[C@@H](C)C[C@H]1NC(=O)N(S)CCO. The lowest BCUT2D eigenvalue weighted by Gasteiger charge is -2.38. The molecule has 0 aliphatic heterocycles. The fourth-order valence-electron chi connectivity index (χ4n) is 2.80. The van der Waals surface area contributed by atoms with Gasteiger partial charge in [0.25, 0.3) is 0 Å². The molecule has 4 nitrogen and oxygen atoms in total. The molecule has 1 aliphatic rings. The number of hydrogen-bond acceptors (Lipinski definition) is 3. The summed E-state index contributed by atoms with van der Waals surface area (Å²) in [5.74, 6) is 1.78. The highest BCUT2D eigenvalue weighted by Crippen LogP contribution is 2.33. The molecule has 0 bridgehead atoms. The molecule has 2 N–H and O–H groups in total. The molecule has 0 aromatic rings. The van der Waals surface area contributed by atoms with E-state index < -0.39 is 0 Å². The summed E-state index contributed by atoms with van der Waals surface area (Å²) in [6.07, 6.45) is 3.46. The Morgan fingerprint density at radius 3 is 2.72 bits per heavy atom. The van der Waals surface area contributed by atoms with Crippen LogP contribution in [0.2, 0.25) is 0 Å². The summed E-state index contributed by atoms with van der Waals surface area (Å²) in [5, 5.41) is 11.9. The monoisotopic (exact) mass is 274 g/mol. The Hall–Kier alpha value is -0.420. The molecule has 1 aliphatic carbocycles. The van der Waals surface area contributed by atoms with Gasteiger partial charge in [0, 0.05) is 6.04 Å². The lowest BCUT2D eigenvalue weighted by molar-refractivity contribution is 0.160. The summed E-state index contributed by atoms with van der Waals surface area (Å²) >= 11 is 4.07. The number of hydrogen-bond donors (Lipinski definition) is 3. The first-order valence-corrected chi connectivity index (χ1v) is 7.23. The highest BCUT2D eigenvalue weighted by Gasteiger charge is 2.32. The number of rotatable bonds is 4. The van der Waals surface area contributed by atoms with E-state index in [9.17, 15) is 4.79 Å². The summed E-state index contributed by atoms with van der Waals surface area (Å²) < 4.78 is 1.25. The predicted octanol–water partition coefficient (Wildman–Crippen LogP) is 2.30. The molecule has 0 aromatic carbocycles. The van der Waals surface area contributed by atoms with Crippen molar-refractivity contribution in [3.63, 3.8) is 0 Å². The fourth-order valence-corrected chi connectivity index (χ4v) is 2.94. The molecule has 18 heavy (non-hydrogen) atoms. The Morgan fingerprint density at radius 1 is 1.50 bits per heavy atom. The quantitative estimate of drug-likeness (QED) is 0.689. The van der Waals surface area contributed by atoms with Gasteiger partial charge in [0.05, 0.1) is 13.2 Å². The van der Waals surface area contributed by atoms with E-state index in [4.69, 9.17) is 5.11 Å². The van der Waals surface area contributed by atoms with Crippen LogP contribution in [0.15, 0.2) is 0 Å². The van der Waals surface area contributed by atoms with Gasteiger partial charge >= 0.3 is 6.03 Å². The minimum atomic E-state index is -0.197. The lowest BCUT2D eigenvalue weighted by atomic mass is 9.74. The molecule has 3 atom stereocenters. The van der Waals surface area contributed by atoms with Gasteiger partial charge in [-0.3, -0.25) is 4.31 Å². The molecule has 0 heterocycles. The van der Waals surface area contributed by atoms with Gasteiger partial charge in [0.1, 0.15) is 0 Å². The number of nitrogens with one attached hydrogen (secondary N) is 1. The standard InChI is InChI=1S/C13H26N2O2S/c1-9(2)11-5-4-10(3)8-12(11)14-13(17)15(18)6-7-16/h9-12,16,18H,4-8H2,1-3H3,(H,14,17)/t10-,11+,12-/m1/s1. The number of carbonyl (C=O) groups is 1. The van der Waals surface area contributed by atoms with Crippen molar-refractivity contribution in [2.45, 2.75) is 46.1 Å². The molecular weight excluding hydrogens is 248 g/mol. The Bertz CT molecular complexity index is 274. The van der Waals surface area contributed by atoms with Crippen LogP contribution < -0.4 is 5.32 Å². The minimum absolute atomic E-state index is 0.0639. The summed E-state index contributed by atoms with van der Waals surface area (Å²) in [4.78, 5) is 11.9. The summed E-state index contributed by atoms with van der Waals surface area (Å²) in [7, 11) is 0. The van der Waals surface area contributed by atoms with Crippen LogP contribution in [0.4, 0.5) is 4.79 Å². The van der Waals surface area contributed by atoms with Crippen molar-refractivity contribution < 1.29 is 9.90 Å². The zero-order valence-corrected chi connectivity index (χ0v) is 12.5. The smallest absolute Gasteiger partial charge is 0.327 e. The van der Waals surface area contributed by atoms with E-state index in [1.165, 1.54) is 17.1 Å². The lowest BCUT2D eigenvalue weighted by Crippen LogP contribution is -2.48. The maximum atomic E-state index is 11.9. The van der Waals surface area contributed by atoms with E-state index in [0.717, 1.165) is 6.42 Å². The average Bonchev–Trinajstić information content (AvgIpc) is 2.28. The number of urea groups is 1. The number of thiol groups is 1. The molecule has 1 rings (SSSR count). The van der Waals surface area contributed by atoms with Crippen LogP contribution in [0.25, 0.3) is 0 Å². The molecule has 1 fully saturated rings. The zero-order chi connectivity index (χ0) is 13.7. The van der Waals surface area contributed by atoms with Gasteiger partial charge < -0.3 is 10.4 Å². The molecule has 2 amide bonds. The number of aliphatic hydroxyl groups is 1. The third-order valence-electron chi connectivity index (χ3n) is 3.88. The van der Waals surface area contributed by atoms with Gasteiger partial charge in [-0.2, -0.15) is 0 Å². The fraction of sp³-hybridized carbons (Fsp3) is 0.923. The summed E-state index contributed by atoms with van der Waals surface area (Å²) in [5.41, 5.74) is 0. The van der Waals surface area contributed by atoms with E-state index in [1.54, 1.807) is 0 Å². The van der Waals surface area contributed by atoms with Crippen LogP contribution in [-0.2, 0) is 0 Å². The van der Waals surface area contributed by atoms with Gasteiger partial charge in [0.2, 0.25) is 0 Å². The first-order valence-electron chi connectivity index (χ1n) is 6.83. The van der Waals surface area contributed by atoms with Crippen molar-refractivity contribution in [3.05, 3.63) is 0 Å². The molecule has 0 saturated heterocycles. The van der Waals surface area contributed by atoms with Crippen LogP contribution in [0.5, 0.6) is 0 Å². The van der Waals surface area contributed by atoms with E-state index in [-0.39, 0.29) is 25.2 Å². The number of carbonyl (C=O) groups excluding carboxylic acids is 1. The van der Waals surface area contributed by atoms with E-state index in [0.29, 0.717) is 17.8 Å². The van der Waals surface area contributed by atoms with Gasteiger partial charge in [-0.1, -0.05) is 40.0 Å². The first-order chi connectivity index (χ1) is 8.45. The summed E-state index contributed by atoms with van der Waals surface area (Å²) in [6, 6.07) is 0.0340. The molecule has 5 heteroatoms. The van der Waals surface area contributed by atoms with Crippen LogP contribution in [-0.4, -0.2) is 34.6 Å². The zero-order valence-electron chi connectivity index (χ0n) is 11.6. The summed E-state index contributed by atoms with van der Waals surface area (Å²) in [6.45, 7) is 6.86. The normalized spacial score (nSPS) is 28.2. The van der Waals surface area contributed by atoms with Gasteiger partial charge in [0.15, 0.2) is 0 Å². The van der Waals surface area contributed by atoms with Gasteiger partial charge in [-0.25, -0.2) is 4.79 Å². The molecule has 0 aromatic heterocycles. The van der Waals surface area contributed by atoms with E-state index >= 15 is 0 Å². The number of amides is 2. The minimum Gasteiger partial charge on any atom is -0.394 e. The topological polar surface area (TPSA) is 52.6 Å². The third-order valence-corrected chi connectivity index (χ3v) is 4.26. The van der Waals surface area contributed by atoms with Crippen molar-refractivity contribution in [1.82, 2.24) is 9.62 Å². The third kappa shape index (κ3) is 4.35. The Morgan fingerprint density at radius 2 is 2.17 bits per heavy atom. The highest BCUT2D eigenvalue weighted by molar-refractivity contribution is 7.78. The first kappa shape index (κ1) is 15.6. The van der Waals surface area contributed by atoms with Crippen molar-refractivity contribution in [1.29, 1.82) is 0 Å². The van der Waals surface area contributed by atoms with Crippen molar-refractivity contribution in [2.75, 3.05) is 13.2 Å². The highest BCUT2D eigenvalue weighted by atomic mass is 32.1. The predicted molar refractivity (Wildman–Crippen MR) is 76.4 cm³/mol. The Labute approximate surface area is 116 Å². The molecule has 0 radical (unpaired) electrons. The second-order valence-electron chi connectivity index (χ2n) is 5.73. The van der Waals surface area contributed by atoms with Crippen molar-refractivity contribution in [2.24, 2.45) is 17.8 Å². The number of nitrogens with zero attached hydrogens (tertiary/aromatic N) is 1. The molecule has 106 valence electrons. The van der Waals surface area contributed by atoms with Crippen molar-refractivity contribution >= 4 is 18.8 Å². The van der Waals surface area contributed by atoms with Crippen LogP contribution in [0, 0.1) is 17.8 Å². The Kier molecular flexibility index (Phi) is 6.29. The molecule has 0 unspecified atom stereocenters.